The smallest absolute Gasteiger partial charge is 0.243 e. The lowest BCUT2D eigenvalue weighted by molar-refractivity contribution is -0.122. The number of nitrogens with one attached hydrogen (secondary N) is 1. The van der Waals surface area contributed by atoms with Crippen LogP contribution in [0.25, 0.3) is 0 Å². The Labute approximate surface area is 109 Å². The van der Waals surface area contributed by atoms with Crippen LogP contribution in [0, 0.1) is 11.6 Å². The number of benzene rings is 1. The predicted molar refractivity (Wildman–Crippen MR) is 64.2 cm³/mol. The van der Waals surface area contributed by atoms with Crippen molar-refractivity contribution >= 4 is 5.91 Å². The lowest BCUT2D eigenvalue weighted by Gasteiger charge is -2.13. The van der Waals surface area contributed by atoms with Gasteiger partial charge in [-0.25, -0.2) is 8.78 Å². The molecule has 1 unspecified atom stereocenters. The molecule has 1 rings (SSSR count). The van der Waals surface area contributed by atoms with Gasteiger partial charge in [0, 0.05) is 18.7 Å². The number of amides is 1. The van der Waals surface area contributed by atoms with Crippen molar-refractivity contribution in [2.75, 3.05) is 26.3 Å². The highest BCUT2D eigenvalue weighted by Gasteiger charge is 2.13. The molecule has 0 radical (unpaired) electrons. The molecular weight excluding hydrogens is 258 g/mol. The number of hydrogen-bond acceptors (Lipinski definition) is 4. The Kier molecular flexibility index (Phi) is 6.34. The van der Waals surface area contributed by atoms with Gasteiger partial charge in [-0.15, -0.1) is 0 Å². The van der Waals surface area contributed by atoms with Gasteiger partial charge in [0.15, 0.2) is 0 Å². The molecule has 0 aromatic heterocycles. The van der Waals surface area contributed by atoms with E-state index in [1.165, 1.54) is 0 Å². The van der Waals surface area contributed by atoms with Crippen molar-refractivity contribution in [1.29, 1.82) is 0 Å². The van der Waals surface area contributed by atoms with E-state index in [1.54, 1.807) is 0 Å². The number of carbonyl (C=O) groups is 1. The van der Waals surface area contributed by atoms with Crippen LogP contribution in [0.1, 0.15) is 11.7 Å². The number of hydrogen-bond donors (Lipinski definition) is 3. The van der Waals surface area contributed by atoms with Gasteiger partial charge >= 0.3 is 0 Å². The zero-order chi connectivity index (χ0) is 14.3. The van der Waals surface area contributed by atoms with Crippen molar-refractivity contribution in [3.63, 3.8) is 0 Å². The highest BCUT2D eigenvalue weighted by molar-refractivity contribution is 5.74. The standard InChI is InChI=1S/C12H16F2N2O3/c13-8-1-2-10(14)9(5-8)11(17)6-16-3-4-19-7-12(15)18/h1-2,5,11,16-17H,3-4,6-7H2,(H2,15,18). The summed E-state index contributed by atoms with van der Waals surface area (Å²) >= 11 is 0. The van der Waals surface area contributed by atoms with Crippen LogP contribution in [-0.2, 0) is 9.53 Å². The fourth-order valence-corrected chi connectivity index (χ4v) is 1.44. The number of primary amides is 1. The molecule has 7 heteroatoms. The van der Waals surface area contributed by atoms with E-state index < -0.39 is 23.6 Å². The zero-order valence-electron chi connectivity index (χ0n) is 10.2. The fourth-order valence-electron chi connectivity index (χ4n) is 1.44. The van der Waals surface area contributed by atoms with Gasteiger partial charge in [-0.05, 0) is 18.2 Å². The summed E-state index contributed by atoms with van der Waals surface area (Å²) in [6, 6.07) is 2.89. The maximum absolute atomic E-state index is 13.3. The van der Waals surface area contributed by atoms with E-state index in [0.29, 0.717) is 6.54 Å². The number of rotatable bonds is 8. The van der Waals surface area contributed by atoms with Crippen molar-refractivity contribution < 1.29 is 23.4 Å². The predicted octanol–water partition coefficient (Wildman–Crippen LogP) is 0.0897. The third kappa shape index (κ3) is 5.73. The molecule has 0 aliphatic carbocycles. The van der Waals surface area contributed by atoms with Gasteiger partial charge in [-0.2, -0.15) is 0 Å². The molecule has 1 aromatic rings. The molecule has 19 heavy (non-hydrogen) atoms. The summed E-state index contributed by atoms with van der Waals surface area (Å²) in [5.41, 5.74) is 4.75. The topological polar surface area (TPSA) is 84.6 Å². The second-order valence-corrected chi connectivity index (χ2v) is 3.90. The largest absolute Gasteiger partial charge is 0.387 e. The van der Waals surface area contributed by atoms with Crippen molar-refractivity contribution in [1.82, 2.24) is 5.32 Å². The van der Waals surface area contributed by atoms with E-state index in [4.69, 9.17) is 10.5 Å². The number of halogens is 2. The summed E-state index contributed by atoms with van der Waals surface area (Å²) in [6.45, 7) is 0.436. The number of carbonyl (C=O) groups excluding carboxylic acids is 1. The second-order valence-electron chi connectivity index (χ2n) is 3.90. The first kappa shape index (κ1) is 15.5. The van der Waals surface area contributed by atoms with Crippen LogP contribution in [0.2, 0.25) is 0 Å². The summed E-state index contributed by atoms with van der Waals surface area (Å²) in [7, 11) is 0. The van der Waals surface area contributed by atoms with Gasteiger partial charge < -0.3 is 20.9 Å². The Bertz CT molecular complexity index is 429. The Morgan fingerprint density at radius 3 is 2.89 bits per heavy atom. The molecule has 1 amide bonds. The zero-order valence-corrected chi connectivity index (χ0v) is 10.2. The van der Waals surface area contributed by atoms with Crippen LogP contribution in [0.15, 0.2) is 18.2 Å². The number of ether oxygens (including phenoxy) is 1. The third-order valence-electron chi connectivity index (χ3n) is 2.32. The van der Waals surface area contributed by atoms with Crippen LogP contribution >= 0.6 is 0 Å². The SMILES string of the molecule is NC(=O)COCCNCC(O)c1cc(F)ccc1F. The van der Waals surface area contributed by atoms with Crippen molar-refractivity contribution in [2.45, 2.75) is 6.10 Å². The van der Waals surface area contributed by atoms with Crippen molar-refractivity contribution in [2.24, 2.45) is 5.73 Å². The molecule has 5 nitrogen and oxygen atoms in total. The molecule has 0 spiro atoms. The minimum absolute atomic E-state index is 0.0420. The van der Waals surface area contributed by atoms with E-state index in [0.717, 1.165) is 18.2 Å². The molecule has 0 aliphatic rings. The fraction of sp³-hybridized carbons (Fsp3) is 0.417. The average molecular weight is 274 g/mol. The minimum atomic E-state index is -1.16. The first-order valence-corrected chi connectivity index (χ1v) is 5.70. The van der Waals surface area contributed by atoms with Crippen molar-refractivity contribution in [3.8, 4) is 0 Å². The quantitative estimate of drug-likeness (QED) is 0.587. The summed E-state index contributed by atoms with van der Waals surface area (Å²) in [5.74, 6) is -1.84. The van der Waals surface area contributed by atoms with Gasteiger partial charge in [0.25, 0.3) is 0 Å². The first-order valence-electron chi connectivity index (χ1n) is 5.70. The van der Waals surface area contributed by atoms with Gasteiger partial charge in [0.05, 0.1) is 12.7 Å². The number of nitrogens with two attached hydrogens (primary N) is 1. The van der Waals surface area contributed by atoms with Crippen LogP contribution in [0.3, 0.4) is 0 Å². The molecule has 0 bridgehead atoms. The summed E-state index contributed by atoms with van der Waals surface area (Å²) in [5, 5.41) is 12.5. The normalized spacial score (nSPS) is 12.4. The molecular formula is C12H16F2N2O3. The van der Waals surface area contributed by atoms with Crippen LogP contribution in [0.4, 0.5) is 8.78 Å². The van der Waals surface area contributed by atoms with Crippen LogP contribution in [-0.4, -0.2) is 37.3 Å². The lowest BCUT2D eigenvalue weighted by Crippen LogP contribution is -2.27. The van der Waals surface area contributed by atoms with Crippen molar-refractivity contribution in [3.05, 3.63) is 35.4 Å². The molecule has 0 aliphatic heterocycles. The Balaban J connectivity index is 2.29. The van der Waals surface area contributed by atoms with Crippen LogP contribution in [0.5, 0.6) is 0 Å². The molecule has 0 saturated heterocycles. The highest BCUT2D eigenvalue weighted by Crippen LogP contribution is 2.17. The second kappa shape index (κ2) is 7.78. The molecule has 1 atom stereocenters. The summed E-state index contributed by atoms with van der Waals surface area (Å²) in [6.07, 6.45) is -1.16. The molecule has 4 N–H and O–H groups in total. The minimum Gasteiger partial charge on any atom is -0.387 e. The van der Waals surface area contributed by atoms with Gasteiger partial charge in [-0.1, -0.05) is 0 Å². The maximum atomic E-state index is 13.3. The van der Waals surface area contributed by atoms with E-state index >= 15 is 0 Å². The molecule has 0 fully saturated rings. The molecule has 0 heterocycles. The van der Waals surface area contributed by atoms with Gasteiger partial charge in [-0.3, -0.25) is 4.79 Å². The summed E-state index contributed by atoms with van der Waals surface area (Å²) in [4.78, 5) is 10.4. The van der Waals surface area contributed by atoms with E-state index in [-0.39, 0.29) is 25.3 Å². The Hall–Kier alpha value is -1.57. The van der Waals surface area contributed by atoms with Gasteiger partial charge in [0.2, 0.25) is 5.91 Å². The van der Waals surface area contributed by atoms with Gasteiger partial charge in [0.1, 0.15) is 18.2 Å². The van der Waals surface area contributed by atoms with E-state index in [1.807, 2.05) is 0 Å². The third-order valence-corrected chi connectivity index (χ3v) is 2.32. The maximum Gasteiger partial charge on any atom is 0.243 e. The van der Waals surface area contributed by atoms with Crippen LogP contribution < -0.4 is 11.1 Å². The van der Waals surface area contributed by atoms with E-state index in [9.17, 15) is 18.7 Å². The molecule has 1 aromatic carbocycles. The Morgan fingerprint density at radius 2 is 2.21 bits per heavy atom. The monoisotopic (exact) mass is 274 g/mol. The average Bonchev–Trinajstić information content (AvgIpc) is 2.36. The molecule has 106 valence electrons. The summed E-state index contributed by atoms with van der Waals surface area (Å²) < 4.78 is 31.1. The first-order chi connectivity index (χ1) is 9.00. The van der Waals surface area contributed by atoms with E-state index in [2.05, 4.69) is 5.32 Å². The highest BCUT2D eigenvalue weighted by atomic mass is 19.1. The lowest BCUT2D eigenvalue weighted by atomic mass is 10.1. The number of aliphatic hydroxyl groups excluding tert-OH is 1. The Morgan fingerprint density at radius 1 is 1.47 bits per heavy atom. The molecule has 0 saturated carbocycles. The number of aliphatic hydroxyl groups is 1.